The normalized spacial score (nSPS) is 14.7. The molecule has 2 aromatic carbocycles. The van der Waals surface area contributed by atoms with Crippen LogP contribution in [0, 0.1) is 0 Å². The number of aryl methyl sites for hydroxylation is 1. The first-order valence-electron chi connectivity index (χ1n) is 9.42. The number of nitrogens with zero attached hydrogens (tertiary/aromatic N) is 3. The van der Waals surface area contributed by atoms with E-state index >= 15 is 0 Å². The summed E-state index contributed by atoms with van der Waals surface area (Å²) in [7, 11) is 0. The van der Waals surface area contributed by atoms with Gasteiger partial charge in [-0.25, -0.2) is 4.98 Å². The molecular weight excluding hydrogens is 360 g/mol. The first-order chi connectivity index (χ1) is 13.1. The summed E-state index contributed by atoms with van der Waals surface area (Å²) in [6.07, 6.45) is 2.54. The lowest BCUT2D eigenvalue weighted by molar-refractivity contribution is 0.102. The van der Waals surface area contributed by atoms with E-state index in [1.807, 2.05) is 18.2 Å². The highest BCUT2D eigenvalue weighted by Crippen LogP contribution is 2.23. The molecule has 0 unspecified atom stereocenters. The van der Waals surface area contributed by atoms with Gasteiger partial charge in [0.2, 0.25) is 0 Å². The molecule has 1 aromatic heterocycles. The molecular formula is C21H23ClN4O. The molecule has 27 heavy (non-hydrogen) atoms. The highest BCUT2D eigenvalue weighted by Gasteiger charge is 2.17. The molecule has 1 aliphatic heterocycles. The molecule has 1 aliphatic rings. The lowest BCUT2D eigenvalue weighted by atomic mass is 10.2. The van der Waals surface area contributed by atoms with Gasteiger partial charge in [0.05, 0.1) is 17.6 Å². The number of amides is 1. The van der Waals surface area contributed by atoms with Crippen LogP contribution in [0.4, 0.5) is 5.69 Å². The van der Waals surface area contributed by atoms with Crippen molar-refractivity contribution < 1.29 is 4.79 Å². The van der Waals surface area contributed by atoms with Crippen molar-refractivity contribution in [3.05, 3.63) is 58.9 Å². The Morgan fingerprint density at radius 3 is 2.59 bits per heavy atom. The smallest absolute Gasteiger partial charge is 0.255 e. The van der Waals surface area contributed by atoms with Crippen molar-refractivity contribution in [1.82, 2.24) is 14.5 Å². The third-order valence-electron chi connectivity index (χ3n) is 5.07. The Bertz CT molecular complexity index is 958. The summed E-state index contributed by atoms with van der Waals surface area (Å²) in [6.45, 7) is 6.21. The van der Waals surface area contributed by atoms with Crippen LogP contribution in [0.5, 0.6) is 0 Å². The Morgan fingerprint density at radius 1 is 1.15 bits per heavy atom. The third kappa shape index (κ3) is 3.84. The molecule has 1 amide bonds. The highest BCUT2D eigenvalue weighted by molar-refractivity contribution is 6.30. The van der Waals surface area contributed by atoms with E-state index in [-0.39, 0.29) is 5.91 Å². The van der Waals surface area contributed by atoms with E-state index in [0.29, 0.717) is 10.6 Å². The number of aromatic nitrogens is 2. The van der Waals surface area contributed by atoms with Crippen molar-refractivity contribution in [2.45, 2.75) is 32.9 Å². The maximum Gasteiger partial charge on any atom is 0.255 e. The standard InChI is InChI=1S/C21H23ClN4O/c1-2-26-19-10-9-17(23-21(27)15-5-7-16(22)8-6-15)13-18(19)24-20(26)14-25-11-3-4-12-25/h5-10,13H,2-4,11-12,14H2,1H3,(H,23,27). The minimum atomic E-state index is -0.154. The predicted octanol–water partition coefficient (Wildman–Crippen LogP) is 4.56. The molecule has 1 fully saturated rings. The van der Waals surface area contributed by atoms with Crippen LogP contribution in [0.25, 0.3) is 11.0 Å². The van der Waals surface area contributed by atoms with Gasteiger partial charge in [-0.1, -0.05) is 11.6 Å². The SMILES string of the molecule is CCn1c(CN2CCCC2)nc2cc(NC(=O)c3ccc(Cl)cc3)ccc21. The van der Waals surface area contributed by atoms with E-state index in [2.05, 4.69) is 21.7 Å². The molecule has 1 N–H and O–H groups in total. The molecule has 4 rings (SSSR count). The second-order valence-electron chi connectivity index (χ2n) is 6.92. The molecule has 6 heteroatoms. The van der Waals surface area contributed by atoms with Crippen LogP contribution in [0.3, 0.4) is 0 Å². The Hall–Kier alpha value is -2.37. The predicted molar refractivity (Wildman–Crippen MR) is 109 cm³/mol. The van der Waals surface area contributed by atoms with E-state index in [4.69, 9.17) is 16.6 Å². The van der Waals surface area contributed by atoms with Gasteiger partial charge in [-0.2, -0.15) is 0 Å². The maximum atomic E-state index is 12.4. The average Bonchev–Trinajstić information content (AvgIpc) is 3.29. The van der Waals surface area contributed by atoms with Gasteiger partial charge in [-0.3, -0.25) is 9.69 Å². The second-order valence-corrected chi connectivity index (χ2v) is 7.36. The Morgan fingerprint density at radius 2 is 1.89 bits per heavy atom. The quantitative estimate of drug-likeness (QED) is 0.703. The largest absolute Gasteiger partial charge is 0.327 e. The molecule has 0 atom stereocenters. The minimum absolute atomic E-state index is 0.154. The molecule has 2 heterocycles. The van der Waals surface area contributed by atoms with Gasteiger partial charge in [0.25, 0.3) is 5.91 Å². The number of benzene rings is 2. The number of rotatable bonds is 5. The zero-order chi connectivity index (χ0) is 18.8. The Balaban J connectivity index is 1.57. The van der Waals surface area contributed by atoms with E-state index in [1.165, 1.54) is 12.8 Å². The summed E-state index contributed by atoms with van der Waals surface area (Å²) in [5.41, 5.74) is 3.35. The topological polar surface area (TPSA) is 50.2 Å². The monoisotopic (exact) mass is 382 g/mol. The molecule has 0 spiro atoms. The van der Waals surface area contributed by atoms with Gasteiger partial charge in [-0.15, -0.1) is 0 Å². The van der Waals surface area contributed by atoms with Gasteiger partial charge < -0.3 is 9.88 Å². The fourth-order valence-corrected chi connectivity index (χ4v) is 3.80. The molecule has 0 radical (unpaired) electrons. The van der Waals surface area contributed by atoms with Crippen LogP contribution in [0.15, 0.2) is 42.5 Å². The number of imidazole rings is 1. The first kappa shape index (κ1) is 18.0. The minimum Gasteiger partial charge on any atom is -0.327 e. The molecule has 1 saturated heterocycles. The second kappa shape index (κ2) is 7.71. The zero-order valence-electron chi connectivity index (χ0n) is 15.4. The lowest BCUT2D eigenvalue weighted by Gasteiger charge is -2.14. The summed E-state index contributed by atoms with van der Waals surface area (Å²) in [4.78, 5) is 19.7. The van der Waals surface area contributed by atoms with Crippen LogP contribution < -0.4 is 5.32 Å². The number of hydrogen-bond acceptors (Lipinski definition) is 3. The van der Waals surface area contributed by atoms with Crippen molar-refractivity contribution in [3.63, 3.8) is 0 Å². The molecule has 0 saturated carbocycles. The number of likely N-dealkylation sites (tertiary alicyclic amines) is 1. The van der Waals surface area contributed by atoms with Crippen LogP contribution >= 0.6 is 11.6 Å². The third-order valence-corrected chi connectivity index (χ3v) is 5.32. The lowest BCUT2D eigenvalue weighted by Crippen LogP contribution is -2.21. The van der Waals surface area contributed by atoms with Gasteiger partial charge >= 0.3 is 0 Å². The van der Waals surface area contributed by atoms with E-state index in [9.17, 15) is 4.79 Å². The fourth-order valence-electron chi connectivity index (χ4n) is 3.68. The number of nitrogens with one attached hydrogen (secondary N) is 1. The van der Waals surface area contributed by atoms with Crippen LogP contribution in [-0.2, 0) is 13.1 Å². The summed E-state index contributed by atoms with van der Waals surface area (Å²) < 4.78 is 2.26. The summed E-state index contributed by atoms with van der Waals surface area (Å²) in [5, 5.41) is 3.56. The molecule has 0 bridgehead atoms. The van der Waals surface area contributed by atoms with E-state index < -0.39 is 0 Å². The number of anilines is 1. The highest BCUT2D eigenvalue weighted by atomic mass is 35.5. The number of hydrogen-bond donors (Lipinski definition) is 1. The summed E-state index contributed by atoms with van der Waals surface area (Å²) in [5.74, 6) is 0.939. The summed E-state index contributed by atoms with van der Waals surface area (Å²) in [6, 6.07) is 12.8. The van der Waals surface area contributed by atoms with E-state index in [0.717, 1.165) is 48.7 Å². The molecule has 3 aromatic rings. The van der Waals surface area contributed by atoms with Gasteiger partial charge in [-0.05, 0) is 75.3 Å². The maximum absolute atomic E-state index is 12.4. The van der Waals surface area contributed by atoms with Crippen LogP contribution in [-0.4, -0.2) is 33.4 Å². The van der Waals surface area contributed by atoms with Crippen LogP contribution in [0.1, 0.15) is 35.9 Å². The Kier molecular flexibility index (Phi) is 5.14. The van der Waals surface area contributed by atoms with Gasteiger partial charge in [0.1, 0.15) is 5.82 Å². The van der Waals surface area contributed by atoms with Crippen molar-refractivity contribution in [1.29, 1.82) is 0 Å². The van der Waals surface area contributed by atoms with Crippen molar-refractivity contribution >= 4 is 34.2 Å². The summed E-state index contributed by atoms with van der Waals surface area (Å²) >= 11 is 5.89. The molecule has 0 aliphatic carbocycles. The molecule has 140 valence electrons. The van der Waals surface area contributed by atoms with Crippen molar-refractivity contribution in [2.24, 2.45) is 0 Å². The number of halogens is 1. The van der Waals surface area contributed by atoms with Crippen molar-refractivity contribution in [3.8, 4) is 0 Å². The average molecular weight is 383 g/mol. The Labute approximate surface area is 163 Å². The van der Waals surface area contributed by atoms with Crippen molar-refractivity contribution in [2.75, 3.05) is 18.4 Å². The van der Waals surface area contributed by atoms with Gasteiger partial charge in [0.15, 0.2) is 0 Å². The first-order valence-corrected chi connectivity index (χ1v) is 9.80. The number of carbonyl (C=O) groups excluding carboxylic acids is 1. The molecule has 5 nitrogen and oxygen atoms in total. The number of carbonyl (C=O) groups is 1. The zero-order valence-corrected chi connectivity index (χ0v) is 16.2. The van der Waals surface area contributed by atoms with Gasteiger partial charge in [0, 0.05) is 22.8 Å². The van der Waals surface area contributed by atoms with E-state index in [1.54, 1.807) is 24.3 Å². The fraction of sp³-hybridized carbons (Fsp3) is 0.333. The van der Waals surface area contributed by atoms with Crippen LogP contribution in [0.2, 0.25) is 5.02 Å². The number of fused-ring (bicyclic) bond motifs is 1.